The van der Waals surface area contributed by atoms with Crippen LogP contribution in [0.2, 0.25) is 0 Å². The summed E-state index contributed by atoms with van der Waals surface area (Å²) in [7, 11) is 0. The monoisotopic (exact) mass is 380 g/mol. The number of urea groups is 1. The first-order chi connectivity index (χ1) is 12.6. The van der Waals surface area contributed by atoms with Gasteiger partial charge in [-0.15, -0.1) is 0 Å². The van der Waals surface area contributed by atoms with Gasteiger partial charge in [-0.2, -0.15) is 0 Å². The number of piperazine rings is 1. The number of carbonyl (C=O) groups excluding carboxylic acids is 3. The first-order valence-electron chi connectivity index (χ1n) is 8.70. The van der Waals surface area contributed by atoms with Crippen molar-refractivity contribution in [3.63, 3.8) is 0 Å². The minimum absolute atomic E-state index is 0.00576. The zero-order valence-electron chi connectivity index (χ0n) is 15.8. The normalized spacial score (nSPS) is 15.2. The number of carbonyl (C=O) groups is 3. The first-order valence-corrected chi connectivity index (χ1v) is 8.70. The molecule has 1 aromatic carbocycles. The lowest BCUT2D eigenvalue weighted by Crippen LogP contribution is -2.52. The largest absolute Gasteiger partial charge is 0.444 e. The maximum Gasteiger partial charge on any atom is 0.410 e. The lowest BCUT2D eigenvalue weighted by atomic mass is 10.2. The average Bonchev–Trinajstić information content (AvgIpc) is 2.56. The van der Waals surface area contributed by atoms with Crippen LogP contribution >= 0.6 is 0 Å². The molecule has 1 aliphatic heterocycles. The van der Waals surface area contributed by atoms with Gasteiger partial charge in [-0.1, -0.05) is 12.1 Å². The van der Waals surface area contributed by atoms with Crippen LogP contribution in [0.25, 0.3) is 0 Å². The summed E-state index contributed by atoms with van der Waals surface area (Å²) >= 11 is 0. The highest BCUT2D eigenvalue weighted by molar-refractivity contribution is 6.01. The topological polar surface area (TPSA) is 91.0 Å². The van der Waals surface area contributed by atoms with E-state index in [4.69, 9.17) is 4.74 Å². The Balaban J connectivity index is 1.73. The lowest BCUT2D eigenvalue weighted by molar-refractivity contribution is -0.121. The van der Waals surface area contributed by atoms with Crippen LogP contribution in [0.3, 0.4) is 0 Å². The highest BCUT2D eigenvalue weighted by atomic mass is 19.1. The smallest absolute Gasteiger partial charge is 0.410 e. The molecule has 1 heterocycles. The van der Waals surface area contributed by atoms with E-state index in [9.17, 15) is 18.8 Å². The van der Waals surface area contributed by atoms with Crippen LogP contribution in [0.5, 0.6) is 0 Å². The summed E-state index contributed by atoms with van der Waals surface area (Å²) in [5.74, 6) is -1.09. The van der Waals surface area contributed by atoms with Gasteiger partial charge in [-0.3, -0.25) is 15.0 Å². The van der Waals surface area contributed by atoms with Gasteiger partial charge in [0, 0.05) is 26.2 Å². The number of rotatable bonds is 3. The van der Waals surface area contributed by atoms with Gasteiger partial charge in [0.2, 0.25) is 5.91 Å². The number of nitrogens with one attached hydrogen (secondary N) is 2. The van der Waals surface area contributed by atoms with Crippen LogP contribution in [-0.2, 0) is 9.53 Å². The van der Waals surface area contributed by atoms with Gasteiger partial charge < -0.3 is 15.0 Å². The highest BCUT2D eigenvalue weighted by Crippen LogP contribution is 2.13. The standard InChI is InChI=1S/C18H25FN4O4/c1-18(2,3)27-17(26)23-10-8-22(9-11-23)12-15(24)21-16(25)20-14-7-5-4-6-13(14)19/h4-7H,8-12H2,1-3H3,(H2,20,21,24,25). The molecule has 2 rings (SSSR count). The zero-order valence-corrected chi connectivity index (χ0v) is 15.8. The van der Waals surface area contributed by atoms with E-state index in [1.54, 1.807) is 31.7 Å². The molecule has 9 heteroatoms. The second-order valence-electron chi connectivity index (χ2n) is 7.23. The average molecular weight is 380 g/mol. The number of benzene rings is 1. The van der Waals surface area contributed by atoms with Gasteiger partial charge in [0.15, 0.2) is 0 Å². The summed E-state index contributed by atoms with van der Waals surface area (Å²) in [6.07, 6.45) is -0.379. The Morgan fingerprint density at radius 2 is 1.74 bits per heavy atom. The Kier molecular flexibility index (Phi) is 6.73. The molecule has 0 bridgehead atoms. The maximum atomic E-state index is 13.5. The van der Waals surface area contributed by atoms with E-state index in [-0.39, 0.29) is 18.3 Å². The molecule has 148 valence electrons. The third-order valence-electron chi connectivity index (χ3n) is 3.77. The Bertz CT molecular complexity index is 697. The maximum absolute atomic E-state index is 13.5. The van der Waals surface area contributed by atoms with Crippen LogP contribution in [0.4, 0.5) is 19.7 Å². The molecule has 0 saturated carbocycles. The molecule has 1 saturated heterocycles. The van der Waals surface area contributed by atoms with E-state index in [0.29, 0.717) is 26.2 Å². The van der Waals surface area contributed by atoms with Crippen molar-refractivity contribution in [2.24, 2.45) is 0 Å². The van der Waals surface area contributed by atoms with Gasteiger partial charge in [0.25, 0.3) is 0 Å². The Labute approximate surface area is 157 Å². The minimum Gasteiger partial charge on any atom is -0.444 e. The van der Waals surface area contributed by atoms with Gasteiger partial charge in [0.1, 0.15) is 11.4 Å². The molecule has 1 aromatic rings. The molecule has 1 fully saturated rings. The number of ether oxygens (including phenoxy) is 1. The molecule has 0 spiro atoms. The third-order valence-corrected chi connectivity index (χ3v) is 3.77. The van der Waals surface area contributed by atoms with E-state index in [0.717, 1.165) is 0 Å². The molecule has 8 nitrogen and oxygen atoms in total. The van der Waals surface area contributed by atoms with Crippen molar-refractivity contribution in [2.45, 2.75) is 26.4 Å². The van der Waals surface area contributed by atoms with E-state index >= 15 is 0 Å². The van der Waals surface area contributed by atoms with Crippen molar-refractivity contribution < 1.29 is 23.5 Å². The Hall–Kier alpha value is -2.68. The summed E-state index contributed by atoms with van der Waals surface area (Å²) in [5.41, 5.74) is -0.562. The summed E-state index contributed by atoms with van der Waals surface area (Å²) in [6.45, 7) is 7.26. The molecule has 27 heavy (non-hydrogen) atoms. The highest BCUT2D eigenvalue weighted by Gasteiger charge is 2.26. The van der Waals surface area contributed by atoms with Crippen LogP contribution in [0.1, 0.15) is 20.8 Å². The third kappa shape index (κ3) is 6.86. The molecule has 2 N–H and O–H groups in total. The number of hydrogen-bond acceptors (Lipinski definition) is 5. The van der Waals surface area contributed by atoms with Crippen LogP contribution in [-0.4, -0.2) is 66.2 Å². The second kappa shape index (κ2) is 8.81. The molecule has 0 aromatic heterocycles. The van der Waals surface area contributed by atoms with Gasteiger partial charge in [-0.25, -0.2) is 14.0 Å². The number of nitrogens with zero attached hydrogens (tertiary/aromatic N) is 2. The first kappa shape index (κ1) is 20.6. The zero-order chi connectivity index (χ0) is 20.0. The minimum atomic E-state index is -0.794. The lowest BCUT2D eigenvalue weighted by Gasteiger charge is -2.35. The number of halogens is 1. The van der Waals surface area contributed by atoms with E-state index < -0.39 is 23.4 Å². The predicted molar refractivity (Wildman–Crippen MR) is 97.8 cm³/mol. The Morgan fingerprint density at radius 1 is 1.11 bits per heavy atom. The van der Waals surface area contributed by atoms with E-state index in [2.05, 4.69) is 10.6 Å². The number of amides is 4. The molecule has 1 aliphatic rings. The van der Waals surface area contributed by atoms with Crippen molar-refractivity contribution >= 4 is 23.7 Å². The van der Waals surface area contributed by atoms with E-state index in [1.165, 1.54) is 18.2 Å². The van der Waals surface area contributed by atoms with Crippen molar-refractivity contribution in [2.75, 3.05) is 38.0 Å². The van der Waals surface area contributed by atoms with Crippen LogP contribution in [0, 0.1) is 5.82 Å². The number of hydrogen-bond donors (Lipinski definition) is 2. The second-order valence-corrected chi connectivity index (χ2v) is 7.23. The van der Waals surface area contributed by atoms with Crippen LogP contribution < -0.4 is 10.6 Å². The predicted octanol–water partition coefficient (Wildman–Crippen LogP) is 2.03. The number of para-hydroxylation sites is 1. The van der Waals surface area contributed by atoms with E-state index in [1.807, 2.05) is 4.90 Å². The molecule has 0 atom stereocenters. The fourth-order valence-corrected chi connectivity index (χ4v) is 2.50. The quantitative estimate of drug-likeness (QED) is 0.837. The SMILES string of the molecule is CC(C)(C)OC(=O)N1CCN(CC(=O)NC(=O)Nc2ccccc2F)CC1. The van der Waals surface area contributed by atoms with Crippen molar-refractivity contribution in [3.8, 4) is 0 Å². The van der Waals surface area contributed by atoms with Crippen molar-refractivity contribution in [1.29, 1.82) is 0 Å². The summed E-state index contributed by atoms with van der Waals surface area (Å²) in [6, 6.07) is 4.89. The molecule has 0 aliphatic carbocycles. The summed E-state index contributed by atoms with van der Waals surface area (Å²) < 4.78 is 18.8. The van der Waals surface area contributed by atoms with Crippen molar-refractivity contribution in [3.05, 3.63) is 30.1 Å². The number of anilines is 1. The van der Waals surface area contributed by atoms with Gasteiger partial charge >= 0.3 is 12.1 Å². The molecular formula is C18H25FN4O4. The molecular weight excluding hydrogens is 355 g/mol. The van der Waals surface area contributed by atoms with Crippen molar-refractivity contribution in [1.82, 2.24) is 15.1 Å². The molecule has 0 unspecified atom stereocenters. The number of imide groups is 1. The van der Waals surface area contributed by atoms with Gasteiger partial charge in [-0.05, 0) is 32.9 Å². The molecule has 0 radical (unpaired) electrons. The summed E-state index contributed by atoms with van der Waals surface area (Å²) in [5, 5.41) is 4.45. The molecule has 4 amide bonds. The van der Waals surface area contributed by atoms with Crippen LogP contribution in [0.15, 0.2) is 24.3 Å². The van der Waals surface area contributed by atoms with Gasteiger partial charge in [0.05, 0.1) is 12.2 Å². The Morgan fingerprint density at radius 3 is 2.33 bits per heavy atom. The fraction of sp³-hybridized carbons (Fsp3) is 0.500. The summed E-state index contributed by atoms with van der Waals surface area (Å²) in [4.78, 5) is 39.2. The fourth-order valence-electron chi connectivity index (χ4n) is 2.50.